The lowest BCUT2D eigenvalue weighted by Crippen LogP contribution is -2.26. The van der Waals surface area contributed by atoms with Gasteiger partial charge in [0.15, 0.2) is 23.0 Å². The van der Waals surface area contributed by atoms with Crippen molar-refractivity contribution in [1.82, 2.24) is 0 Å². The van der Waals surface area contributed by atoms with E-state index in [1.54, 1.807) is 42.7 Å². The van der Waals surface area contributed by atoms with Crippen molar-refractivity contribution >= 4 is 0 Å². The molecule has 262 valence electrons. The van der Waals surface area contributed by atoms with Gasteiger partial charge in [-0.15, -0.1) is 0 Å². The molecule has 0 aliphatic rings. The highest BCUT2D eigenvalue weighted by atomic mass is 16.5. The summed E-state index contributed by atoms with van der Waals surface area (Å²) in [6, 6.07) is 7.93. The molecule has 0 saturated heterocycles. The number of methoxy groups -OCH3 is 6. The third kappa shape index (κ3) is 13.0. The molecule has 0 fully saturated rings. The molecule has 0 radical (unpaired) electrons. The average Bonchev–Trinajstić information content (AvgIpc) is 3.08. The van der Waals surface area contributed by atoms with Crippen molar-refractivity contribution in [2.75, 3.05) is 109 Å². The molecule has 2 atom stereocenters. The molecule has 12 heteroatoms. The number of hydrogen-bond acceptors (Lipinski definition) is 12. The summed E-state index contributed by atoms with van der Waals surface area (Å²) in [6.07, 6.45) is 3.07. The predicted octanol–water partition coefficient (Wildman–Crippen LogP) is 3.59. The van der Waals surface area contributed by atoms with Crippen molar-refractivity contribution in [3.63, 3.8) is 0 Å². The minimum absolute atomic E-state index is 0.00836. The van der Waals surface area contributed by atoms with E-state index in [2.05, 4.69) is 0 Å². The van der Waals surface area contributed by atoms with Crippen LogP contribution in [0, 0.1) is 11.8 Å². The number of rotatable bonds is 27. The summed E-state index contributed by atoms with van der Waals surface area (Å²) in [5, 5.41) is 18.0. The van der Waals surface area contributed by atoms with Gasteiger partial charge in [-0.1, -0.05) is 0 Å². The van der Waals surface area contributed by atoms with E-state index in [0.717, 1.165) is 30.4 Å². The molecule has 2 rings (SSSR count). The molecule has 2 aromatic carbocycles. The van der Waals surface area contributed by atoms with Gasteiger partial charge in [-0.2, -0.15) is 0 Å². The van der Waals surface area contributed by atoms with E-state index in [1.807, 2.05) is 24.3 Å². The SMILES string of the molecule is COc1cc(C[C@H](CCCOCCOCCO)[C@@H](COCCOCCO)Cc2cc(OC)c(OC)c(OC)c2)cc(OC)c1OC. The fourth-order valence-corrected chi connectivity index (χ4v) is 5.33. The van der Waals surface area contributed by atoms with Gasteiger partial charge in [0.25, 0.3) is 0 Å². The van der Waals surface area contributed by atoms with Crippen LogP contribution in [0.1, 0.15) is 24.0 Å². The number of benzene rings is 2. The molecule has 0 aliphatic carbocycles. The van der Waals surface area contributed by atoms with Crippen LogP contribution in [0.4, 0.5) is 0 Å². The summed E-state index contributed by atoms with van der Waals surface area (Å²) in [5.41, 5.74) is 2.06. The highest BCUT2D eigenvalue weighted by Gasteiger charge is 2.26. The Morgan fingerprint density at radius 1 is 0.478 bits per heavy atom. The maximum Gasteiger partial charge on any atom is 0.203 e. The Morgan fingerprint density at radius 3 is 1.26 bits per heavy atom. The maximum atomic E-state index is 9.05. The Labute approximate surface area is 273 Å². The molecule has 0 spiro atoms. The molecular formula is C34H54O12. The second kappa shape index (κ2) is 23.3. The zero-order valence-corrected chi connectivity index (χ0v) is 28.3. The van der Waals surface area contributed by atoms with Crippen molar-refractivity contribution in [1.29, 1.82) is 0 Å². The Hall–Kier alpha value is -3.00. The highest BCUT2D eigenvalue weighted by Crippen LogP contribution is 2.41. The van der Waals surface area contributed by atoms with Crippen LogP contribution in [0.25, 0.3) is 0 Å². The van der Waals surface area contributed by atoms with E-state index in [-0.39, 0.29) is 31.7 Å². The summed E-state index contributed by atoms with van der Waals surface area (Å²) in [6.45, 7) is 3.27. The van der Waals surface area contributed by atoms with Crippen LogP contribution in [0.2, 0.25) is 0 Å². The maximum absolute atomic E-state index is 9.05. The van der Waals surface area contributed by atoms with Gasteiger partial charge in [-0.05, 0) is 72.9 Å². The minimum atomic E-state index is -0.0315. The molecule has 0 aliphatic heterocycles. The van der Waals surface area contributed by atoms with E-state index in [1.165, 1.54) is 0 Å². The molecule has 0 aromatic heterocycles. The van der Waals surface area contributed by atoms with Gasteiger partial charge in [-0.3, -0.25) is 0 Å². The lowest BCUT2D eigenvalue weighted by Gasteiger charge is -2.29. The van der Waals surface area contributed by atoms with Crippen LogP contribution in [-0.4, -0.2) is 119 Å². The van der Waals surface area contributed by atoms with Crippen molar-refractivity contribution in [2.24, 2.45) is 11.8 Å². The summed E-state index contributed by atoms with van der Waals surface area (Å²) in [4.78, 5) is 0. The number of hydrogen-bond donors (Lipinski definition) is 2. The summed E-state index contributed by atoms with van der Waals surface area (Å²) >= 11 is 0. The lowest BCUT2D eigenvalue weighted by atomic mass is 9.80. The van der Waals surface area contributed by atoms with Gasteiger partial charge < -0.3 is 57.6 Å². The molecule has 0 saturated carbocycles. The van der Waals surface area contributed by atoms with Crippen LogP contribution >= 0.6 is 0 Å². The third-order valence-corrected chi connectivity index (χ3v) is 7.52. The molecular weight excluding hydrogens is 600 g/mol. The van der Waals surface area contributed by atoms with Gasteiger partial charge in [-0.25, -0.2) is 0 Å². The van der Waals surface area contributed by atoms with Gasteiger partial charge in [0.05, 0.1) is 102 Å². The summed E-state index contributed by atoms with van der Waals surface area (Å²) in [7, 11) is 9.61. The molecule has 0 amide bonds. The van der Waals surface area contributed by atoms with E-state index in [9.17, 15) is 0 Å². The Morgan fingerprint density at radius 2 is 0.870 bits per heavy atom. The van der Waals surface area contributed by atoms with E-state index < -0.39 is 0 Å². The average molecular weight is 655 g/mol. The highest BCUT2D eigenvalue weighted by molar-refractivity contribution is 5.55. The second-order valence-electron chi connectivity index (χ2n) is 10.5. The summed E-state index contributed by atoms with van der Waals surface area (Å²) in [5.74, 6) is 3.69. The predicted molar refractivity (Wildman–Crippen MR) is 173 cm³/mol. The zero-order valence-electron chi connectivity index (χ0n) is 28.3. The number of ether oxygens (including phenoxy) is 10. The summed E-state index contributed by atoms with van der Waals surface area (Å²) < 4.78 is 56.4. The van der Waals surface area contributed by atoms with Crippen molar-refractivity contribution in [3.8, 4) is 34.5 Å². The molecule has 0 heterocycles. The lowest BCUT2D eigenvalue weighted by molar-refractivity contribution is 0.0112. The molecule has 2 N–H and O–H groups in total. The fraction of sp³-hybridized carbons (Fsp3) is 0.647. The first kappa shape index (κ1) is 39.2. The van der Waals surface area contributed by atoms with E-state index in [0.29, 0.717) is 87.2 Å². The number of aliphatic hydroxyl groups excluding tert-OH is 2. The van der Waals surface area contributed by atoms with Crippen LogP contribution in [0.3, 0.4) is 0 Å². The first-order chi connectivity index (χ1) is 22.5. The Balaban J connectivity index is 2.39. The topological polar surface area (TPSA) is 133 Å². The van der Waals surface area contributed by atoms with E-state index >= 15 is 0 Å². The Bertz CT molecular complexity index is 1050. The smallest absolute Gasteiger partial charge is 0.203 e. The molecule has 2 aromatic rings. The van der Waals surface area contributed by atoms with Gasteiger partial charge in [0, 0.05) is 6.61 Å². The first-order valence-electron chi connectivity index (χ1n) is 15.6. The number of aliphatic hydroxyl groups is 2. The van der Waals surface area contributed by atoms with Crippen molar-refractivity contribution in [2.45, 2.75) is 25.7 Å². The van der Waals surface area contributed by atoms with Crippen molar-refractivity contribution in [3.05, 3.63) is 35.4 Å². The fourth-order valence-electron chi connectivity index (χ4n) is 5.33. The van der Waals surface area contributed by atoms with Crippen molar-refractivity contribution < 1.29 is 57.6 Å². The second-order valence-corrected chi connectivity index (χ2v) is 10.5. The molecule has 46 heavy (non-hydrogen) atoms. The van der Waals surface area contributed by atoms with E-state index in [4.69, 9.17) is 57.6 Å². The van der Waals surface area contributed by atoms with Crippen LogP contribution in [0.15, 0.2) is 24.3 Å². The van der Waals surface area contributed by atoms with Gasteiger partial charge >= 0.3 is 0 Å². The van der Waals surface area contributed by atoms with Crippen LogP contribution < -0.4 is 28.4 Å². The van der Waals surface area contributed by atoms with Crippen LogP contribution in [0.5, 0.6) is 34.5 Å². The first-order valence-corrected chi connectivity index (χ1v) is 15.6. The largest absolute Gasteiger partial charge is 0.493 e. The quantitative estimate of drug-likeness (QED) is 0.137. The molecule has 0 bridgehead atoms. The zero-order chi connectivity index (χ0) is 33.6. The van der Waals surface area contributed by atoms with Gasteiger partial charge in [0.2, 0.25) is 11.5 Å². The monoisotopic (exact) mass is 654 g/mol. The normalized spacial score (nSPS) is 12.4. The van der Waals surface area contributed by atoms with Gasteiger partial charge in [0.1, 0.15) is 0 Å². The third-order valence-electron chi connectivity index (χ3n) is 7.52. The minimum Gasteiger partial charge on any atom is -0.493 e. The molecule has 0 unspecified atom stereocenters. The van der Waals surface area contributed by atoms with Crippen LogP contribution in [-0.2, 0) is 31.8 Å². The molecule has 12 nitrogen and oxygen atoms in total. The Kier molecular flexibility index (Phi) is 19.9. The standard InChI is InChI=1S/C34H54O12/c1-37-29-20-25(21-30(38-2)33(29)41-5)18-27(8-7-11-43-14-15-44-12-9-35)28(24-46-17-16-45-13-10-36)19-26-22-31(39-3)34(42-6)32(23-26)40-4/h20-23,27-28,35-36H,7-19,24H2,1-6H3/t27-,28+/m0/s1.